The Labute approximate surface area is 136 Å². The quantitative estimate of drug-likeness (QED) is 0.741. The van der Waals surface area contributed by atoms with Crippen LogP contribution in [0.25, 0.3) is 0 Å². The minimum absolute atomic E-state index is 0.294. The highest BCUT2D eigenvalue weighted by atomic mass is 35.5. The molecule has 0 fully saturated rings. The number of fused-ring (bicyclic) bond motifs is 2. The molecule has 114 valence electrons. The number of hydrogen-bond acceptors (Lipinski definition) is 3. The van der Waals surface area contributed by atoms with E-state index in [0.29, 0.717) is 11.2 Å². The molecular formula is C18H20ClN3. The summed E-state index contributed by atoms with van der Waals surface area (Å²) >= 11 is 6.44. The van der Waals surface area contributed by atoms with Gasteiger partial charge in [-0.05, 0) is 50.2 Å². The molecule has 1 aromatic carbocycles. The van der Waals surface area contributed by atoms with E-state index in [4.69, 9.17) is 16.6 Å². The lowest BCUT2D eigenvalue weighted by Gasteiger charge is -2.35. The maximum Gasteiger partial charge on any atom is 0.227 e. The lowest BCUT2D eigenvalue weighted by molar-refractivity contribution is 0.598. The molecule has 1 aromatic heterocycles. The number of aromatic nitrogens is 2. The summed E-state index contributed by atoms with van der Waals surface area (Å²) in [5, 5.41) is 0.658. The zero-order valence-electron chi connectivity index (χ0n) is 12.8. The highest BCUT2D eigenvalue weighted by Crippen LogP contribution is 2.34. The summed E-state index contributed by atoms with van der Waals surface area (Å²) in [5.41, 5.74) is 5.15. The second-order valence-corrected chi connectivity index (χ2v) is 6.62. The van der Waals surface area contributed by atoms with E-state index in [1.54, 1.807) is 0 Å². The predicted octanol–water partition coefficient (Wildman–Crippen LogP) is 4.13. The van der Waals surface area contributed by atoms with Crippen molar-refractivity contribution in [3.05, 3.63) is 51.8 Å². The van der Waals surface area contributed by atoms with Gasteiger partial charge in [0.1, 0.15) is 5.15 Å². The van der Waals surface area contributed by atoms with Gasteiger partial charge in [0.25, 0.3) is 0 Å². The van der Waals surface area contributed by atoms with Crippen LogP contribution in [0.5, 0.6) is 0 Å². The Hall–Kier alpha value is -1.61. The number of nitrogens with zero attached hydrogens (tertiary/aromatic N) is 3. The van der Waals surface area contributed by atoms with Gasteiger partial charge in [-0.25, -0.2) is 9.97 Å². The number of rotatable bonds is 1. The standard InChI is InChI=1S/C18H20ClN3/c1-12-14-7-3-2-6-13(14)10-11-22(12)18-20-16-9-5-4-8-15(16)17(19)21-18/h2-3,6-7,12H,4-5,8-11H2,1H3. The van der Waals surface area contributed by atoms with Gasteiger partial charge in [-0.3, -0.25) is 0 Å². The molecule has 1 atom stereocenters. The van der Waals surface area contributed by atoms with Gasteiger partial charge in [-0.1, -0.05) is 35.9 Å². The minimum Gasteiger partial charge on any atom is -0.334 e. The molecule has 2 heterocycles. The highest BCUT2D eigenvalue weighted by Gasteiger charge is 2.27. The smallest absolute Gasteiger partial charge is 0.227 e. The van der Waals surface area contributed by atoms with Crippen molar-refractivity contribution in [3.63, 3.8) is 0 Å². The number of halogens is 1. The van der Waals surface area contributed by atoms with Gasteiger partial charge in [-0.2, -0.15) is 0 Å². The SMILES string of the molecule is CC1c2ccccc2CCN1c1nc(Cl)c2c(n1)CCCC2. The Morgan fingerprint density at radius 1 is 1.09 bits per heavy atom. The third-order valence-electron chi connectivity index (χ3n) is 4.97. The first-order chi connectivity index (χ1) is 10.7. The van der Waals surface area contributed by atoms with Gasteiger partial charge in [0.2, 0.25) is 5.95 Å². The monoisotopic (exact) mass is 313 g/mol. The Kier molecular flexibility index (Phi) is 3.53. The van der Waals surface area contributed by atoms with E-state index in [1.165, 1.54) is 29.5 Å². The predicted molar refractivity (Wildman–Crippen MR) is 89.6 cm³/mol. The number of aryl methyl sites for hydroxylation is 1. The molecule has 2 aliphatic rings. The van der Waals surface area contributed by atoms with Crippen molar-refractivity contribution >= 4 is 17.5 Å². The van der Waals surface area contributed by atoms with Gasteiger partial charge in [0.15, 0.2) is 0 Å². The van der Waals surface area contributed by atoms with Gasteiger partial charge in [0.05, 0.1) is 11.7 Å². The van der Waals surface area contributed by atoms with Crippen molar-refractivity contribution in [2.45, 2.75) is 45.1 Å². The summed E-state index contributed by atoms with van der Waals surface area (Å²) in [6.45, 7) is 3.18. The largest absolute Gasteiger partial charge is 0.334 e. The molecule has 1 aliphatic heterocycles. The number of benzene rings is 1. The third kappa shape index (κ3) is 2.28. The zero-order chi connectivity index (χ0) is 15.1. The summed E-state index contributed by atoms with van der Waals surface area (Å²) in [7, 11) is 0. The maximum absolute atomic E-state index is 6.44. The molecular weight excluding hydrogens is 294 g/mol. The fourth-order valence-corrected chi connectivity index (χ4v) is 3.99. The minimum atomic E-state index is 0.294. The lowest BCUT2D eigenvalue weighted by atomic mass is 9.94. The summed E-state index contributed by atoms with van der Waals surface area (Å²) in [4.78, 5) is 11.8. The van der Waals surface area contributed by atoms with Crippen molar-refractivity contribution in [1.82, 2.24) is 9.97 Å². The van der Waals surface area contributed by atoms with Crippen molar-refractivity contribution in [3.8, 4) is 0 Å². The van der Waals surface area contributed by atoms with Crippen LogP contribution in [-0.2, 0) is 19.3 Å². The first kappa shape index (κ1) is 14.0. The van der Waals surface area contributed by atoms with Crippen LogP contribution < -0.4 is 4.90 Å². The van der Waals surface area contributed by atoms with Crippen molar-refractivity contribution in [1.29, 1.82) is 0 Å². The van der Waals surface area contributed by atoms with Gasteiger partial charge in [-0.15, -0.1) is 0 Å². The molecule has 0 amide bonds. The number of anilines is 1. The van der Waals surface area contributed by atoms with E-state index in [2.05, 4.69) is 41.1 Å². The third-order valence-corrected chi connectivity index (χ3v) is 5.29. The van der Waals surface area contributed by atoms with Crippen LogP contribution in [0, 0.1) is 0 Å². The second-order valence-electron chi connectivity index (χ2n) is 6.26. The van der Waals surface area contributed by atoms with Crippen LogP contribution in [0.3, 0.4) is 0 Å². The topological polar surface area (TPSA) is 29.0 Å². The lowest BCUT2D eigenvalue weighted by Crippen LogP contribution is -2.35. The van der Waals surface area contributed by atoms with Crippen molar-refractivity contribution in [2.24, 2.45) is 0 Å². The molecule has 0 radical (unpaired) electrons. The molecule has 3 nitrogen and oxygen atoms in total. The van der Waals surface area contributed by atoms with Crippen LogP contribution in [0.1, 0.15) is 48.2 Å². The first-order valence-electron chi connectivity index (χ1n) is 8.14. The van der Waals surface area contributed by atoms with Crippen molar-refractivity contribution in [2.75, 3.05) is 11.4 Å². The zero-order valence-corrected chi connectivity index (χ0v) is 13.6. The second kappa shape index (κ2) is 5.54. The van der Waals surface area contributed by atoms with E-state index in [9.17, 15) is 0 Å². The highest BCUT2D eigenvalue weighted by molar-refractivity contribution is 6.30. The average molecular weight is 314 g/mol. The first-order valence-corrected chi connectivity index (χ1v) is 8.51. The van der Waals surface area contributed by atoms with E-state index >= 15 is 0 Å². The fraction of sp³-hybridized carbons (Fsp3) is 0.444. The Morgan fingerprint density at radius 2 is 1.91 bits per heavy atom. The van der Waals surface area contributed by atoms with E-state index in [0.717, 1.165) is 37.4 Å². The molecule has 22 heavy (non-hydrogen) atoms. The van der Waals surface area contributed by atoms with Crippen molar-refractivity contribution < 1.29 is 0 Å². The van der Waals surface area contributed by atoms with E-state index in [-0.39, 0.29) is 0 Å². The Morgan fingerprint density at radius 3 is 2.82 bits per heavy atom. The molecule has 2 aromatic rings. The molecule has 0 N–H and O–H groups in total. The van der Waals surface area contributed by atoms with Crippen LogP contribution in [-0.4, -0.2) is 16.5 Å². The van der Waals surface area contributed by atoms with Gasteiger partial charge >= 0.3 is 0 Å². The molecule has 0 spiro atoms. The summed E-state index contributed by atoms with van der Waals surface area (Å²) in [6.07, 6.45) is 5.50. The molecule has 4 heteroatoms. The van der Waals surface area contributed by atoms with Crippen LogP contribution in [0.4, 0.5) is 5.95 Å². The van der Waals surface area contributed by atoms with Gasteiger partial charge < -0.3 is 4.90 Å². The molecule has 0 saturated heterocycles. The van der Waals surface area contributed by atoms with Gasteiger partial charge in [0, 0.05) is 12.1 Å². The number of hydrogen-bond donors (Lipinski definition) is 0. The van der Waals surface area contributed by atoms with Crippen LogP contribution in [0.15, 0.2) is 24.3 Å². The Bertz CT molecular complexity index is 713. The molecule has 0 saturated carbocycles. The summed E-state index contributed by atoms with van der Waals surface area (Å²) in [6, 6.07) is 8.96. The fourth-order valence-electron chi connectivity index (χ4n) is 3.71. The van der Waals surface area contributed by atoms with E-state index in [1.807, 2.05) is 0 Å². The molecule has 1 aliphatic carbocycles. The Balaban J connectivity index is 1.72. The average Bonchev–Trinajstić information content (AvgIpc) is 2.55. The summed E-state index contributed by atoms with van der Waals surface area (Å²) in [5.74, 6) is 0.799. The van der Waals surface area contributed by atoms with Crippen LogP contribution >= 0.6 is 11.6 Å². The molecule has 1 unspecified atom stereocenters. The molecule has 4 rings (SSSR count). The van der Waals surface area contributed by atoms with E-state index < -0.39 is 0 Å². The molecule has 0 bridgehead atoms. The van der Waals surface area contributed by atoms with Crippen LogP contribution in [0.2, 0.25) is 5.15 Å². The maximum atomic E-state index is 6.44. The summed E-state index contributed by atoms with van der Waals surface area (Å²) < 4.78 is 0. The normalized spacial score (nSPS) is 20.5.